The second-order valence-electron chi connectivity index (χ2n) is 5.36. The van der Waals surface area contributed by atoms with E-state index in [1.165, 1.54) is 6.92 Å². The molecule has 2 aromatic heterocycles. The summed E-state index contributed by atoms with van der Waals surface area (Å²) in [5.41, 5.74) is 3.55. The number of aromatic amines is 1. The van der Waals surface area contributed by atoms with Crippen LogP contribution in [0, 0.1) is 13.8 Å². The lowest BCUT2D eigenvalue weighted by molar-refractivity contribution is 0.0948. The monoisotopic (exact) mass is 299 g/mol. The van der Waals surface area contributed by atoms with Gasteiger partial charge in [-0.25, -0.2) is 0 Å². The fraction of sp³-hybridized carbons (Fsp3) is 0.353. The van der Waals surface area contributed by atoms with E-state index in [9.17, 15) is 9.59 Å². The minimum Gasteiger partial charge on any atom is -0.354 e. The summed E-state index contributed by atoms with van der Waals surface area (Å²) >= 11 is 0. The molecule has 0 atom stereocenters. The third kappa shape index (κ3) is 3.61. The van der Waals surface area contributed by atoms with Crippen LogP contribution in [0.1, 0.15) is 51.1 Å². The number of rotatable bonds is 6. The third-order valence-corrected chi connectivity index (χ3v) is 3.64. The predicted molar refractivity (Wildman–Crippen MR) is 85.2 cm³/mol. The van der Waals surface area contributed by atoms with Crippen LogP contribution in [-0.2, 0) is 6.42 Å². The van der Waals surface area contributed by atoms with Gasteiger partial charge in [0, 0.05) is 29.7 Å². The Morgan fingerprint density at radius 2 is 2.05 bits per heavy atom. The zero-order chi connectivity index (χ0) is 16.1. The van der Waals surface area contributed by atoms with Gasteiger partial charge in [-0.2, -0.15) is 0 Å². The van der Waals surface area contributed by atoms with Gasteiger partial charge in [0.25, 0.3) is 5.91 Å². The zero-order valence-corrected chi connectivity index (χ0v) is 13.2. The van der Waals surface area contributed by atoms with Crippen molar-refractivity contribution in [2.75, 3.05) is 6.54 Å². The minimum absolute atomic E-state index is 0.0274. The van der Waals surface area contributed by atoms with E-state index in [0.29, 0.717) is 23.4 Å². The van der Waals surface area contributed by atoms with Crippen LogP contribution in [-0.4, -0.2) is 28.2 Å². The molecule has 0 saturated heterocycles. The number of hydrogen-bond acceptors (Lipinski definition) is 3. The lowest BCUT2D eigenvalue weighted by Gasteiger charge is -2.05. The summed E-state index contributed by atoms with van der Waals surface area (Å²) < 4.78 is 0. The summed E-state index contributed by atoms with van der Waals surface area (Å²) in [6.07, 6.45) is 3.41. The average molecular weight is 299 g/mol. The smallest absolute Gasteiger partial charge is 0.268 e. The molecule has 2 rings (SSSR count). The molecule has 5 heteroatoms. The van der Waals surface area contributed by atoms with Crippen LogP contribution in [0.5, 0.6) is 0 Å². The number of amides is 1. The molecule has 0 saturated carbocycles. The Kier molecular flexibility index (Phi) is 5.09. The summed E-state index contributed by atoms with van der Waals surface area (Å²) in [5, 5.41) is 2.88. The summed E-state index contributed by atoms with van der Waals surface area (Å²) in [6.45, 7) is 5.69. The van der Waals surface area contributed by atoms with E-state index in [2.05, 4.69) is 15.3 Å². The van der Waals surface area contributed by atoms with Gasteiger partial charge in [-0.15, -0.1) is 0 Å². The van der Waals surface area contributed by atoms with Crippen LogP contribution in [0.2, 0.25) is 0 Å². The van der Waals surface area contributed by atoms with Crippen LogP contribution < -0.4 is 5.32 Å². The number of hydrogen-bond donors (Lipinski definition) is 2. The number of pyridine rings is 1. The third-order valence-electron chi connectivity index (χ3n) is 3.64. The number of ketones is 1. The van der Waals surface area contributed by atoms with Gasteiger partial charge >= 0.3 is 0 Å². The van der Waals surface area contributed by atoms with E-state index in [-0.39, 0.29) is 11.7 Å². The molecule has 0 aliphatic heterocycles. The topological polar surface area (TPSA) is 74.8 Å². The molecule has 0 fully saturated rings. The van der Waals surface area contributed by atoms with Crippen molar-refractivity contribution in [1.82, 2.24) is 15.3 Å². The molecule has 5 nitrogen and oxygen atoms in total. The van der Waals surface area contributed by atoms with Crippen LogP contribution in [0.4, 0.5) is 0 Å². The molecule has 0 unspecified atom stereocenters. The van der Waals surface area contributed by atoms with E-state index >= 15 is 0 Å². The average Bonchev–Trinajstić information content (AvgIpc) is 2.79. The number of nitrogens with zero attached hydrogens (tertiary/aromatic N) is 1. The lowest BCUT2D eigenvalue weighted by atomic mass is 10.1. The van der Waals surface area contributed by atoms with Crippen molar-refractivity contribution >= 4 is 11.7 Å². The molecule has 22 heavy (non-hydrogen) atoms. The predicted octanol–water partition coefficient (Wildman–Crippen LogP) is 2.59. The van der Waals surface area contributed by atoms with E-state index in [4.69, 9.17) is 0 Å². The Hall–Kier alpha value is -2.43. The van der Waals surface area contributed by atoms with Crippen molar-refractivity contribution in [1.29, 1.82) is 0 Å². The van der Waals surface area contributed by atoms with Crippen LogP contribution in [0.15, 0.2) is 24.4 Å². The van der Waals surface area contributed by atoms with Gasteiger partial charge in [-0.1, -0.05) is 6.07 Å². The number of aryl methyl sites for hydroxylation is 2. The molecule has 116 valence electrons. The van der Waals surface area contributed by atoms with Crippen molar-refractivity contribution in [2.45, 2.75) is 33.6 Å². The first-order valence-corrected chi connectivity index (χ1v) is 7.39. The highest BCUT2D eigenvalue weighted by atomic mass is 16.2. The molecule has 0 aliphatic carbocycles. The van der Waals surface area contributed by atoms with Crippen LogP contribution in [0.3, 0.4) is 0 Å². The van der Waals surface area contributed by atoms with E-state index in [1.807, 2.05) is 25.1 Å². The van der Waals surface area contributed by atoms with Crippen molar-refractivity contribution < 1.29 is 9.59 Å². The van der Waals surface area contributed by atoms with Gasteiger partial charge in [0.2, 0.25) is 0 Å². The maximum absolute atomic E-state index is 12.2. The number of H-pyrrole nitrogens is 1. The molecule has 2 aromatic rings. The van der Waals surface area contributed by atoms with Gasteiger partial charge in [0.15, 0.2) is 5.78 Å². The number of Topliss-reactive ketones (excluding diaryl/α,β-unsaturated/α-hetero) is 1. The zero-order valence-electron chi connectivity index (χ0n) is 13.2. The van der Waals surface area contributed by atoms with Crippen molar-refractivity contribution in [3.8, 4) is 0 Å². The normalized spacial score (nSPS) is 10.5. The maximum atomic E-state index is 12.2. The Balaban J connectivity index is 1.90. The van der Waals surface area contributed by atoms with E-state index in [0.717, 1.165) is 24.2 Å². The molecule has 0 aromatic carbocycles. The molecule has 0 radical (unpaired) electrons. The van der Waals surface area contributed by atoms with Crippen molar-refractivity contribution in [3.63, 3.8) is 0 Å². The first kappa shape index (κ1) is 15.9. The van der Waals surface area contributed by atoms with Crippen molar-refractivity contribution in [2.24, 2.45) is 0 Å². The number of aromatic nitrogens is 2. The Morgan fingerprint density at radius 1 is 1.27 bits per heavy atom. The van der Waals surface area contributed by atoms with Gasteiger partial charge in [0.05, 0.1) is 0 Å². The molecule has 0 bridgehead atoms. The Labute approximate surface area is 130 Å². The first-order valence-electron chi connectivity index (χ1n) is 7.39. The van der Waals surface area contributed by atoms with Gasteiger partial charge in [-0.05, 0) is 51.3 Å². The largest absolute Gasteiger partial charge is 0.354 e. The van der Waals surface area contributed by atoms with E-state index < -0.39 is 0 Å². The van der Waals surface area contributed by atoms with E-state index in [1.54, 1.807) is 13.1 Å². The number of nitrogens with one attached hydrogen (secondary N) is 2. The van der Waals surface area contributed by atoms with Crippen LogP contribution in [0.25, 0.3) is 0 Å². The maximum Gasteiger partial charge on any atom is 0.268 e. The fourth-order valence-corrected chi connectivity index (χ4v) is 2.61. The van der Waals surface area contributed by atoms with Crippen molar-refractivity contribution in [3.05, 3.63) is 52.6 Å². The second kappa shape index (κ2) is 7.02. The van der Waals surface area contributed by atoms with Crippen LogP contribution >= 0.6 is 0 Å². The summed E-state index contributed by atoms with van der Waals surface area (Å²) in [4.78, 5) is 31.0. The molecule has 0 spiro atoms. The number of carbonyl (C=O) groups excluding carboxylic acids is 2. The summed E-state index contributed by atoms with van der Waals surface area (Å²) in [5.74, 6) is -0.199. The summed E-state index contributed by atoms with van der Waals surface area (Å²) in [7, 11) is 0. The Morgan fingerprint density at radius 3 is 2.64 bits per heavy atom. The molecular weight excluding hydrogens is 278 g/mol. The first-order chi connectivity index (χ1) is 10.5. The quantitative estimate of drug-likeness (QED) is 0.636. The van der Waals surface area contributed by atoms with Gasteiger partial charge in [-0.3, -0.25) is 14.6 Å². The molecule has 2 heterocycles. The highest BCUT2D eigenvalue weighted by Crippen LogP contribution is 2.18. The molecule has 1 amide bonds. The Bertz CT molecular complexity index is 675. The molecular formula is C17H21N3O2. The number of carbonyl (C=O) groups is 2. The second-order valence-corrected chi connectivity index (χ2v) is 5.36. The lowest BCUT2D eigenvalue weighted by Crippen LogP contribution is -2.26. The highest BCUT2D eigenvalue weighted by molar-refractivity contribution is 6.02. The highest BCUT2D eigenvalue weighted by Gasteiger charge is 2.19. The standard InChI is InChI=1S/C17H21N3O2/c1-11-15(13(3)21)12(2)20-16(11)17(22)19-10-6-8-14-7-4-5-9-18-14/h4-5,7,9,20H,6,8,10H2,1-3H3,(H,19,22). The van der Waals surface area contributed by atoms with Gasteiger partial charge < -0.3 is 10.3 Å². The van der Waals surface area contributed by atoms with Gasteiger partial charge in [0.1, 0.15) is 5.69 Å². The molecule has 2 N–H and O–H groups in total. The molecule has 0 aliphatic rings. The minimum atomic E-state index is -0.172. The fourth-order valence-electron chi connectivity index (χ4n) is 2.61. The summed E-state index contributed by atoms with van der Waals surface area (Å²) in [6, 6.07) is 5.81. The SMILES string of the molecule is CC(=O)c1c(C)[nH]c(C(=O)NCCCc2ccccn2)c1C.